The molecular weight excluding hydrogens is 374 g/mol. The summed E-state index contributed by atoms with van der Waals surface area (Å²) in [6.07, 6.45) is 11.3. The first-order chi connectivity index (χ1) is 14.4. The largest absolute Gasteiger partial charge is 0.444 e. The van der Waals surface area contributed by atoms with Crippen molar-refractivity contribution in [2.75, 3.05) is 13.1 Å². The molecule has 30 heavy (non-hydrogen) atoms. The Labute approximate surface area is 180 Å². The molecule has 2 fully saturated rings. The van der Waals surface area contributed by atoms with Gasteiger partial charge in [0.15, 0.2) is 0 Å². The van der Waals surface area contributed by atoms with Gasteiger partial charge in [-0.1, -0.05) is 56.7 Å². The molecule has 1 aliphatic heterocycles. The Bertz CT molecular complexity index is 857. The molecule has 2 aliphatic rings. The van der Waals surface area contributed by atoms with E-state index in [-0.39, 0.29) is 12.1 Å². The highest BCUT2D eigenvalue weighted by Crippen LogP contribution is 2.36. The fourth-order valence-corrected chi connectivity index (χ4v) is 5.03. The van der Waals surface area contributed by atoms with Crippen LogP contribution in [0.5, 0.6) is 0 Å². The second-order valence-electron chi connectivity index (χ2n) is 10.1. The standard InChI is InChI=1S/C25H37N3O2/c1-25(2,3)30-24(29)27-17-16-20(18-27)28-22-15-11-10-14-21(22)23(26-28)19-12-8-6-4-5-7-9-13-19/h10-11,14-15,19-20H,4-9,12-13,16-18H2,1-3H3. The molecule has 5 nitrogen and oxygen atoms in total. The van der Waals surface area contributed by atoms with Crippen molar-refractivity contribution in [3.8, 4) is 0 Å². The summed E-state index contributed by atoms with van der Waals surface area (Å²) < 4.78 is 7.80. The van der Waals surface area contributed by atoms with Crippen molar-refractivity contribution >= 4 is 17.0 Å². The first-order valence-electron chi connectivity index (χ1n) is 11.9. The quantitative estimate of drug-likeness (QED) is 0.571. The van der Waals surface area contributed by atoms with E-state index in [1.165, 1.54) is 68.0 Å². The van der Waals surface area contributed by atoms with Gasteiger partial charge in [0.1, 0.15) is 5.60 Å². The maximum atomic E-state index is 12.5. The maximum absolute atomic E-state index is 12.5. The zero-order valence-electron chi connectivity index (χ0n) is 18.9. The number of hydrogen-bond donors (Lipinski definition) is 0. The van der Waals surface area contributed by atoms with Crippen LogP contribution in [0.1, 0.15) is 96.2 Å². The van der Waals surface area contributed by atoms with Crippen molar-refractivity contribution in [2.24, 2.45) is 0 Å². The number of likely N-dealkylation sites (tertiary alicyclic amines) is 1. The number of amides is 1. The molecule has 1 aliphatic carbocycles. The zero-order chi connectivity index (χ0) is 21.1. The minimum absolute atomic E-state index is 0.210. The fraction of sp³-hybridized carbons (Fsp3) is 0.680. The second kappa shape index (κ2) is 8.99. The number of fused-ring (bicyclic) bond motifs is 1. The van der Waals surface area contributed by atoms with Gasteiger partial charge in [-0.15, -0.1) is 0 Å². The van der Waals surface area contributed by atoms with Crippen molar-refractivity contribution in [3.05, 3.63) is 30.0 Å². The molecule has 1 unspecified atom stereocenters. The van der Waals surface area contributed by atoms with E-state index in [2.05, 4.69) is 28.9 Å². The van der Waals surface area contributed by atoms with Crippen molar-refractivity contribution in [3.63, 3.8) is 0 Å². The SMILES string of the molecule is CC(C)(C)OC(=O)N1CCC(n2nc(C3CCCCCCCC3)c3ccccc32)C1. The number of benzene rings is 1. The smallest absolute Gasteiger partial charge is 0.410 e. The van der Waals surface area contributed by atoms with Crippen LogP contribution in [0, 0.1) is 0 Å². The summed E-state index contributed by atoms with van der Waals surface area (Å²) >= 11 is 0. The fourth-order valence-electron chi connectivity index (χ4n) is 5.03. The summed E-state index contributed by atoms with van der Waals surface area (Å²) in [7, 11) is 0. The predicted molar refractivity (Wildman–Crippen MR) is 121 cm³/mol. The molecule has 1 saturated heterocycles. The van der Waals surface area contributed by atoms with E-state index in [0.29, 0.717) is 12.5 Å². The molecule has 5 heteroatoms. The molecule has 1 saturated carbocycles. The van der Waals surface area contributed by atoms with E-state index < -0.39 is 5.60 Å². The van der Waals surface area contributed by atoms with Gasteiger partial charge in [-0.3, -0.25) is 4.68 Å². The molecule has 1 aromatic carbocycles. The van der Waals surface area contributed by atoms with Crippen molar-refractivity contribution in [2.45, 2.75) is 96.1 Å². The molecule has 2 aromatic rings. The van der Waals surface area contributed by atoms with Gasteiger partial charge in [0, 0.05) is 24.4 Å². The number of carbonyl (C=O) groups is 1. The number of rotatable bonds is 2. The summed E-state index contributed by atoms with van der Waals surface area (Å²) in [4.78, 5) is 14.4. The Morgan fingerprint density at radius 1 is 1.00 bits per heavy atom. The molecule has 4 rings (SSSR count). The highest BCUT2D eigenvalue weighted by Gasteiger charge is 2.32. The van der Waals surface area contributed by atoms with E-state index in [4.69, 9.17) is 9.84 Å². The van der Waals surface area contributed by atoms with Gasteiger partial charge in [-0.05, 0) is 46.1 Å². The third kappa shape index (κ3) is 4.81. The Balaban J connectivity index is 1.57. The van der Waals surface area contributed by atoms with E-state index in [0.717, 1.165) is 13.0 Å². The van der Waals surface area contributed by atoms with Gasteiger partial charge in [-0.25, -0.2) is 4.79 Å². The first-order valence-corrected chi connectivity index (χ1v) is 11.9. The van der Waals surface area contributed by atoms with Crippen LogP contribution in [-0.2, 0) is 4.74 Å². The normalized spacial score (nSPS) is 22.0. The average molecular weight is 412 g/mol. The van der Waals surface area contributed by atoms with Gasteiger partial charge < -0.3 is 9.64 Å². The van der Waals surface area contributed by atoms with Gasteiger partial charge in [0.05, 0.1) is 17.3 Å². The van der Waals surface area contributed by atoms with Crippen LogP contribution in [0.3, 0.4) is 0 Å². The molecule has 1 atom stereocenters. The molecule has 1 amide bonds. The second-order valence-corrected chi connectivity index (χ2v) is 10.1. The summed E-state index contributed by atoms with van der Waals surface area (Å²) in [6, 6.07) is 8.88. The third-order valence-corrected chi connectivity index (χ3v) is 6.55. The highest BCUT2D eigenvalue weighted by atomic mass is 16.6. The Kier molecular flexibility index (Phi) is 6.35. The van der Waals surface area contributed by atoms with E-state index in [1.54, 1.807) is 0 Å². The molecule has 0 spiro atoms. The molecule has 164 valence electrons. The molecule has 0 N–H and O–H groups in total. The van der Waals surface area contributed by atoms with E-state index >= 15 is 0 Å². The topological polar surface area (TPSA) is 47.4 Å². The predicted octanol–water partition coefficient (Wildman–Crippen LogP) is 6.44. The summed E-state index contributed by atoms with van der Waals surface area (Å²) in [5.74, 6) is 0.553. The zero-order valence-corrected chi connectivity index (χ0v) is 18.9. The number of carbonyl (C=O) groups excluding carboxylic acids is 1. The lowest BCUT2D eigenvalue weighted by atomic mass is 9.92. The highest BCUT2D eigenvalue weighted by molar-refractivity contribution is 5.82. The van der Waals surface area contributed by atoms with Crippen LogP contribution in [0.15, 0.2) is 24.3 Å². The van der Waals surface area contributed by atoms with Crippen LogP contribution in [0.4, 0.5) is 4.79 Å². The maximum Gasteiger partial charge on any atom is 0.410 e. The number of aromatic nitrogens is 2. The third-order valence-electron chi connectivity index (χ3n) is 6.55. The molecule has 0 radical (unpaired) electrons. The monoisotopic (exact) mass is 411 g/mol. The minimum Gasteiger partial charge on any atom is -0.444 e. The lowest BCUT2D eigenvalue weighted by Crippen LogP contribution is -2.35. The van der Waals surface area contributed by atoms with E-state index in [1.807, 2.05) is 25.7 Å². The molecule has 2 heterocycles. The van der Waals surface area contributed by atoms with Gasteiger partial charge in [0.2, 0.25) is 0 Å². The molecular formula is C25H37N3O2. The van der Waals surface area contributed by atoms with Crippen molar-refractivity contribution < 1.29 is 9.53 Å². The summed E-state index contributed by atoms with van der Waals surface area (Å²) in [5, 5.41) is 6.51. The van der Waals surface area contributed by atoms with Crippen LogP contribution < -0.4 is 0 Å². The van der Waals surface area contributed by atoms with Gasteiger partial charge in [-0.2, -0.15) is 5.10 Å². The van der Waals surface area contributed by atoms with Crippen LogP contribution >= 0.6 is 0 Å². The van der Waals surface area contributed by atoms with Crippen LogP contribution in [0.25, 0.3) is 10.9 Å². The van der Waals surface area contributed by atoms with Gasteiger partial charge >= 0.3 is 6.09 Å². The number of ether oxygens (including phenoxy) is 1. The first kappa shape index (κ1) is 21.2. The lowest BCUT2D eigenvalue weighted by molar-refractivity contribution is 0.0288. The van der Waals surface area contributed by atoms with Gasteiger partial charge in [0.25, 0.3) is 0 Å². The number of para-hydroxylation sites is 1. The molecule has 0 bridgehead atoms. The number of hydrogen-bond acceptors (Lipinski definition) is 3. The van der Waals surface area contributed by atoms with Crippen molar-refractivity contribution in [1.29, 1.82) is 0 Å². The average Bonchev–Trinajstić information content (AvgIpc) is 3.34. The van der Waals surface area contributed by atoms with E-state index in [9.17, 15) is 4.79 Å². The number of nitrogens with zero attached hydrogens (tertiary/aromatic N) is 3. The van der Waals surface area contributed by atoms with Crippen LogP contribution in [0.2, 0.25) is 0 Å². The Hall–Kier alpha value is -2.04. The van der Waals surface area contributed by atoms with Crippen molar-refractivity contribution in [1.82, 2.24) is 14.7 Å². The van der Waals surface area contributed by atoms with Crippen LogP contribution in [-0.4, -0.2) is 39.5 Å². The molecule has 1 aromatic heterocycles. The summed E-state index contributed by atoms with van der Waals surface area (Å²) in [5.41, 5.74) is 2.03. The minimum atomic E-state index is -0.461. The summed E-state index contributed by atoms with van der Waals surface area (Å²) in [6.45, 7) is 7.16. The Morgan fingerprint density at radius 3 is 2.37 bits per heavy atom. The Morgan fingerprint density at radius 2 is 1.67 bits per heavy atom. The lowest BCUT2D eigenvalue weighted by Gasteiger charge is -2.24.